The Hall–Kier alpha value is -9.18. The zero-order valence-corrected chi connectivity index (χ0v) is 40.6. The van der Waals surface area contributed by atoms with Gasteiger partial charge in [-0.3, -0.25) is 0 Å². The van der Waals surface area contributed by atoms with E-state index in [1.165, 1.54) is 99.8 Å². The molecule has 12 aromatic rings. The first-order chi connectivity index (χ1) is 36.0. The maximum atomic E-state index is 6.69. The molecule has 0 fully saturated rings. The first-order valence-electron chi connectivity index (χ1n) is 25.4. The fraction of sp³-hybridized carbons (Fsp3) is 0.0571. The summed E-state index contributed by atoms with van der Waals surface area (Å²) in [7, 11) is 0. The third-order valence-corrected chi connectivity index (χ3v) is 16.3. The standard InChI is InChI=1S/C70H48N2O/c1-69(2)57-24-11-10-23-53(57)68-61(69)28-17-29-64(68)71(50-37-32-46(33-38-50)45-18-5-3-6-19-45)51-39-34-47(35-40-51)48-36-41-63-55(42-48)56-43-54-52-22-9-12-25-58(52)70(62(54)44-65(56)72(63)49-20-7-4-8-21-49)59-26-13-15-30-66(59)73-67-31-16-14-27-60(67)70/h3-44H,1-2H3. The Kier molecular flexibility index (Phi) is 8.92. The second-order valence-electron chi connectivity index (χ2n) is 20.4. The molecule has 0 N–H and O–H groups in total. The maximum Gasteiger partial charge on any atom is 0.132 e. The fourth-order valence-corrected chi connectivity index (χ4v) is 13.0. The molecule has 0 atom stereocenters. The van der Waals surface area contributed by atoms with E-state index in [9.17, 15) is 0 Å². The van der Waals surface area contributed by atoms with Crippen molar-refractivity contribution in [2.45, 2.75) is 24.7 Å². The van der Waals surface area contributed by atoms with E-state index < -0.39 is 5.41 Å². The smallest absolute Gasteiger partial charge is 0.132 e. The highest BCUT2D eigenvalue weighted by Gasteiger charge is 2.51. The minimum atomic E-state index is -0.562. The summed E-state index contributed by atoms with van der Waals surface area (Å²) in [4.78, 5) is 2.45. The van der Waals surface area contributed by atoms with Gasteiger partial charge in [0.15, 0.2) is 0 Å². The third-order valence-electron chi connectivity index (χ3n) is 16.3. The average Bonchev–Trinajstić information content (AvgIpc) is 4.02. The fourth-order valence-electron chi connectivity index (χ4n) is 13.0. The Morgan fingerprint density at radius 1 is 0.356 bits per heavy atom. The highest BCUT2D eigenvalue weighted by atomic mass is 16.5. The number of hydrogen-bond acceptors (Lipinski definition) is 2. The van der Waals surface area contributed by atoms with E-state index in [1.807, 2.05) is 0 Å². The second kappa shape index (κ2) is 15.7. The number of fused-ring (bicyclic) bond motifs is 15. The van der Waals surface area contributed by atoms with Crippen LogP contribution in [0.4, 0.5) is 17.1 Å². The van der Waals surface area contributed by atoms with Crippen LogP contribution < -0.4 is 9.64 Å². The molecule has 1 spiro atoms. The molecule has 73 heavy (non-hydrogen) atoms. The molecular weight excluding hydrogens is 885 g/mol. The van der Waals surface area contributed by atoms with Crippen molar-refractivity contribution in [2.75, 3.05) is 4.90 Å². The molecule has 3 aliphatic rings. The van der Waals surface area contributed by atoms with Gasteiger partial charge in [0.25, 0.3) is 0 Å². The summed E-state index contributed by atoms with van der Waals surface area (Å²) in [5, 5.41) is 2.44. The summed E-state index contributed by atoms with van der Waals surface area (Å²) in [6.45, 7) is 4.72. The largest absolute Gasteiger partial charge is 0.457 e. The van der Waals surface area contributed by atoms with Crippen LogP contribution >= 0.6 is 0 Å². The van der Waals surface area contributed by atoms with Gasteiger partial charge in [-0.15, -0.1) is 0 Å². The molecule has 2 heterocycles. The van der Waals surface area contributed by atoms with Gasteiger partial charge in [0.2, 0.25) is 0 Å². The Balaban J connectivity index is 0.905. The molecule has 1 aliphatic heterocycles. The van der Waals surface area contributed by atoms with Crippen molar-refractivity contribution in [1.29, 1.82) is 0 Å². The first-order valence-corrected chi connectivity index (χ1v) is 25.4. The van der Waals surface area contributed by atoms with E-state index in [1.54, 1.807) is 0 Å². The van der Waals surface area contributed by atoms with Gasteiger partial charge in [0.05, 0.1) is 22.1 Å². The van der Waals surface area contributed by atoms with Gasteiger partial charge >= 0.3 is 0 Å². The van der Waals surface area contributed by atoms with Crippen LogP contribution in [0.2, 0.25) is 0 Å². The molecule has 344 valence electrons. The van der Waals surface area contributed by atoms with E-state index in [0.717, 1.165) is 34.1 Å². The number of nitrogens with zero attached hydrogens (tertiary/aromatic N) is 2. The van der Waals surface area contributed by atoms with Crippen LogP contribution in [0.25, 0.3) is 72.0 Å². The van der Waals surface area contributed by atoms with Crippen molar-refractivity contribution < 1.29 is 4.74 Å². The summed E-state index contributed by atoms with van der Waals surface area (Å²) < 4.78 is 9.16. The highest BCUT2D eigenvalue weighted by Crippen LogP contribution is 2.63. The zero-order chi connectivity index (χ0) is 48.4. The van der Waals surface area contributed by atoms with Crippen molar-refractivity contribution >= 4 is 38.9 Å². The summed E-state index contributed by atoms with van der Waals surface area (Å²) in [6.07, 6.45) is 0. The van der Waals surface area contributed by atoms with Crippen LogP contribution in [0.5, 0.6) is 11.5 Å². The quantitative estimate of drug-likeness (QED) is 0.165. The third kappa shape index (κ3) is 5.94. The molecule has 1 aromatic heterocycles. The van der Waals surface area contributed by atoms with Gasteiger partial charge in [-0.1, -0.05) is 190 Å². The van der Waals surface area contributed by atoms with Crippen molar-refractivity contribution in [2.24, 2.45) is 0 Å². The molecule has 0 unspecified atom stereocenters. The highest BCUT2D eigenvalue weighted by molar-refractivity contribution is 6.13. The van der Waals surface area contributed by atoms with E-state index >= 15 is 0 Å². The van der Waals surface area contributed by atoms with Crippen molar-refractivity contribution in [3.63, 3.8) is 0 Å². The predicted molar refractivity (Wildman–Crippen MR) is 301 cm³/mol. The number of ether oxygens (including phenoxy) is 1. The van der Waals surface area contributed by atoms with Gasteiger partial charge in [-0.05, 0) is 140 Å². The zero-order valence-electron chi connectivity index (χ0n) is 40.6. The van der Waals surface area contributed by atoms with E-state index in [-0.39, 0.29) is 5.41 Å². The minimum Gasteiger partial charge on any atom is -0.457 e. The predicted octanol–water partition coefficient (Wildman–Crippen LogP) is 18.4. The van der Waals surface area contributed by atoms with Crippen molar-refractivity contribution in [3.8, 4) is 61.7 Å². The lowest BCUT2D eigenvalue weighted by Crippen LogP contribution is -2.32. The number of hydrogen-bond donors (Lipinski definition) is 0. The molecule has 11 aromatic carbocycles. The van der Waals surface area contributed by atoms with E-state index in [0.29, 0.717) is 0 Å². The molecule has 0 saturated heterocycles. The maximum absolute atomic E-state index is 6.69. The summed E-state index contributed by atoms with van der Waals surface area (Å²) >= 11 is 0. The van der Waals surface area contributed by atoms with Gasteiger partial charge in [-0.2, -0.15) is 0 Å². The molecule has 3 heteroatoms. The Bertz CT molecular complexity index is 4140. The molecule has 15 rings (SSSR count). The number of benzene rings is 11. The minimum absolute atomic E-state index is 0.122. The van der Waals surface area contributed by atoms with Crippen LogP contribution in [0.3, 0.4) is 0 Å². The monoisotopic (exact) mass is 932 g/mol. The molecule has 3 nitrogen and oxygen atoms in total. The van der Waals surface area contributed by atoms with Crippen LogP contribution in [-0.4, -0.2) is 4.57 Å². The van der Waals surface area contributed by atoms with Gasteiger partial charge < -0.3 is 14.2 Å². The van der Waals surface area contributed by atoms with Gasteiger partial charge in [-0.25, -0.2) is 0 Å². The van der Waals surface area contributed by atoms with E-state index in [2.05, 4.69) is 278 Å². The van der Waals surface area contributed by atoms with Crippen molar-refractivity contribution in [1.82, 2.24) is 4.57 Å². The summed E-state index contributed by atoms with van der Waals surface area (Å²) in [5.74, 6) is 1.79. The molecule has 2 aliphatic carbocycles. The number of aromatic nitrogens is 1. The molecule has 0 radical (unpaired) electrons. The van der Waals surface area contributed by atoms with Crippen LogP contribution in [0, 0.1) is 0 Å². The molecular formula is C70H48N2O. The first kappa shape index (κ1) is 41.6. The molecule has 0 amide bonds. The van der Waals surface area contributed by atoms with Gasteiger partial charge in [0.1, 0.15) is 11.5 Å². The van der Waals surface area contributed by atoms with Crippen LogP contribution in [0.1, 0.15) is 47.2 Å². The Morgan fingerprint density at radius 2 is 0.877 bits per heavy atom. The SMILES string of the molecule is CC1(C)c2ccccc2-c2c(N(c3ccc(-c4ccccc4)cc3)c3ccc(-c4ccc5c(c4)c4cc6c(cc4n5-c4ccccc4)C4(c5ccccc5Oc5ccccc54)c4ccccc4-6)cc3)cccc21. The van der Waals surface area contributed by atoms with Crippen LogP contribution in [0.15, 0.2) is 255 Å². The van der Waals surface area contributed by atoms with Crippen molar-refractivity contribution in [3.05, 3.63) is 288 Å². The number of anilines is 3. The number of rotatable bonds is 6. The lowest BCUT2D eigenvalue weighted by molar-refractivity contribution is 0.436. The molecule has 0 saturated carbocycles. The summed E-state index contributed by atoms with van der Waals surface area (Å²) in [5.41, 5.74) is 23.6. The Morgan fingerprint density at radius 3 is 1.56 bits per heavy atom. The van der Waals surface area contributed by atoms with E-state index in [4.69, 9.17) is 4.74 Å². The lowest BCUT2D eigenvalue weighted by Gasteiger charge is -2.39. The van der Waals surface area contributed by atoms with Crippen LogP contribution in [-0.2, 0) is 10.8 Å². The van der Waals surface area contributed by atoms with Gasteiger partial charge in [0, 0.05) is 49.9 Å². The number of para-hydroxylation sites is 3. The second-order valence-corrected chi connectivity index (χ2v) is 20.4. The normalized spacial score (nSPS) is 13.9. The molecule has 0 bridgehead atoms. The Labute approximate surface area is 425 Å². The lowest BCUT2D eigenvalue weighted by atomic mass is 9.66. The topological polar surface area (TPSA) is 17.4 Å². The average molecular weight is 933 g/mol. The summed E-state index contributed by atoms with van der Waals surface area (Å²) in [6, 6.07) is 93.8.